The van der Waals surface area contributed by atoms with Gasteiger partial charge < -0.3 is 0 Å². The first-order valence-corrected chi connectivity index (χ1v) is 5.81. The smallest absolute Gasteiger partial charge is 0.0672 e. The van der Waals surface area contributed by atoms with E-state index in [1.165, 1.54) is 25.7 Å². The van der Waals surface area contributed by atoms with Crippen LogP contribution < -0.4 is 0 Å². The van der Waals surface area contributed by atoms with Crippen molar-refractivity contribution in [3.63, 3.8) is 0 Å². The second-order valence-electron chi connectivity index (χ2n) is 6.19. The van der Waals surface area contributed by atoms with Crippen LogP contribution in [0.5, 0.6) is 0 Å². The molecular weight excluding hydrogens is 155 g/mol. The zero-order valence-corrected chi connectivity index (χ0v) is 10.5. The number of hydrogen-bond donors (Lipinski definition) is 0. The van der Waals surface area contributed by atoms with Gasteiger partial charge in [-0.05, 0) is 11.8 Å². The minimum absolute atomic E-state index is 0.511. The van der Waals surface area contributed by atoms with Gasteiger partial charge in [0.05, 0.1) is 0 Å². The van der Waals surface area contributed by atoms with E-state index in [9.17, 15) is 0 Å². The normalized spacial score (nSPS) is 14.9. The van der Waals surface area contributed by atoms with Gasteiger partial charge in [-0.15, -0.1) is 0 Å². The minimum atomic E-state index is 0.511. The molecule has 78 valence electrons. The van der Waals surface area contributed by atoms with Gasteiger partial charge in [-0.3, -0.25) is 0 Å². The quantitative estimate of drug-likeness (QED) is 0.550. The molecule has 0 heterocycles. The van der Waals surface area contributed by atoms with Crippen molar-refractivity contribution in [1.82, 2.24) is 0 Å². The van der Waals surface area contributed by atoms with E-state index in [1.54, 1.807) is 0 Å². The summed E-state index contributed by atoms with van der Waals surface area (Å²) in [6, 6.07) is 0. The maximum atomic E-state index is 2.39. The van der Waals surface area contributed by atoms with Gasteiger partial charge in [-0.1, -0.05) is 65.6 Å². The second-order valence-corrected chi connectivity index (χ2v) is 6.19. The Bertz CT molecular complexity index is 122. The van der Waals surface area contributed by atoms with Crippen LogP contribution in [0.3, 0.4) is 0 Å². The molecule has 0 aromatic heterocycles. The van der Waals surface area contributed by atoms with Crippen molar-refractivity contribution in [3.8, 4) is 0 Å². The number of hydrogen-bond acceptors (Lipinski definition) is 0. The first kappa shape index (κ1) is 13.1. The second kappa shape index (κ2) is 5.72. The van der Waals surface area contributed by atoms with Crippen LogP contribution in [-0.2, 0) is 0 Å². The molecule has 0 aliphatic heterocycles. The molecule has 0 saturated heterocycles. The molecule has 0 fully saturated rings. The van der Waals surface area contributed by atoms with Crippen LogP contribution in [0.1, 0.15) is 60.3 Å². The van der Waals surface area contributed by atoms with Gasteiger partial charge in [-0.25, -0.2) is 0 Å². The SMILES string of the molecule is BC(C)(C)CC(C)CCCC(C)C. The van der Waals surface area contributed by atoms with Crippen molar-refractivity contribution in [2.75, 3.05) is 0 Å². The molecule has 0 saturated carbocycles. The Morgan fingerprint density at radius 2 is 1.62 bits per heavy atom. The van der Waals surface area contributed by atoms with E-state index in [-0.39, 0.29) is 0 Å². The summed E-state index contributed by atoms with van der Waals surface area (Å²) in [5.74, 6) is 1.78. The molecule has 0 radical (unpaired) electrons. The van der Waals surface area contributed by atoms with Crippen LogP contribution in [0.15, 0.2) is 0 Å². The minimum Gasteiger partial charge on any atom is -0.0672 e. The summed E-state index contributed by atoms with van der Waals surface area (Å²) in [6.07, 6.45) is 5.59. The highest BCUT2D eigenvalue weighted by molar-refractivity contribution is 6.14. The Labute approximate surface area is 85.9 Å². The van der Waals surface area contributed by atoms with Crippen molar-refractivity contribution in [2.45, 2.75) is 65.6 Å². The lowest BCUT2D eigenvalue weighted by molar-refractivity contribution is 0.397. The third-order valence-electron chi connectivity index (χ3n) is 2.44. The summed E-state index contributed by atoms with van der Waals surface area (Å²) in [7, 11) is 2.34. The van der Waals surface area contributed by atoms with Crippen molar-refractivity contribution in [1.29, 1.82) is 0 Å². The molecule has 0 aromatic carbocycles. The summed E-state index contributed by atoms with van der Waals surface area (Å²) in [6.45, 7) is 11.7. The predicted octanol–water partition coefficient (Wildman–Crippen LogP) is 3.67. The average molecular weight is 182 g/mol. The van der Waals surface area contributed by atoms with E-state index in [0.717, 1.165) is 11.8 Å². The van der Waals surface area contributed by atoms with E-state index in [2.05, 4.69) is 42.5 Å². The van der Waals surface area contributed by atoms with Crippen LogP contribution in [0.4, 0.5) is 0 Å². The highest BCUT2D eigenvalue weighted by Crippen LogP contribution is 2.30. The lowest BCUT2D eigenvalue weighted by Gasteiger charge is -2.23. The van der Waals surface area contributed by atoms with Gasteiger partial charge in [0.2, 0.25) is 0 Å². The molecule has 1 unspecified atom stereocenters. The summed E-state index contributed by atoms with van der Waals surface area (Å²) in [5.41, 5.74) is 0. The van der Waals surface area contributed by atoms with Gasteiger partial charge in [0.15, 0.2) is 0 Å². The molecule has 0 bridgehead atoms. The van der Waals surface area contributed by atoms with E-state index in [0.29, 0.717) is 5.31 Å². The molecule has 13 heavy (non-hydrogen) atoms. The number of rotatable bonds is 6. The molecule has 0 aromatic rings. The molecule has 0 aliphatic carbocycles. The van der Waals surface area contributed by atoms with Gasteiger partial charge >= 0.3 is 0 Å². The van der Waals surface area contributed by atoms with Gasteiger partial charge in [0.1, 0.15) is 7.85 Å². The molecule has 0 nitrogen and oxygen atoms in total. The third kappa shape index (κ3) is 9.98. The summed E-state index contributed by atoms with van der Waals surface area (Å²) in [4.78, 5) is 0. The van der Waals surface area contributed by atoms with Crippen LogP contribution in [-0.4, -0.2) is 7.85 Å². The van der Waals surface area contributed by atoms with E-state index in [4.69, 9.17) is 0 Å². The molecule has 1 atom stereocenters. The van der Waals surface area contributed by atoms with E-state index < -0.39 is 0 Å². The maximum absolute atomic E-state index is 2.39. The summed E-state index contributed by atoms with van der Waals surface area (Å²) in [5, 5.41) is 0.511. The molecule has 0 aliphatic rings. The van der Waals surface area contributed by atoms with Gasteiger partial charge in [0, 0.05) is 0 Å². The van der Waals surface area contributed by atoms with Crippen LogP contribution in [0.25, 0.3) is 0 Å². The Kier molecular flexibility index (Phi) is 5.75. The fourth-order valence-electron chi connectivity index (χ4n) is 2.02. The van der Waals surface area contributed by atoms with Crippen LogP contribution in [0, 0.1) is 11.8 Å². The van der Waals surface area contributed by atoms with E-state index >= 15 is 0 Å². The van der Waals surface area contributed by atoms with Gasteiger partial charge in [0.25, 0.3) is 0 Å². The van der Waals surface area contributed by atoms with Crippen molar-refractivity contribution >= 4 is 7.85 Å². The molecule has 1 heteroatoms. The highest BCUT2D eigenvalue weighted by Gasteiger charge is 2.14. The Morgan fingerprint density at radius 3 is 2.00 bits per heavy atom. The molecule has 0 rings (SSSR count). The lowest BCUT2D eigenvalue weighted by Crippen LogP contribution is -2.08. The largest absolute Gasteiger partial charge is 0.108 e. The maximum Gasteiger partial charge on any atom is 0.108 e. The first-order chi connectivity index (χ1) is 5.81. The zero-order valence-electron chi connectivity index (χ0n) is 10.5. The Morgan fingerprint density at radius 1 is 1.08 bits per heavy atom. The van der Waals surface area contributed by atoms with Gasteiger partial charge in [-0.2, -0.15) is 0 Å². The van der Waals surface area contributed by atoms with Crippen LogP contribution >= 0.6 is 0 Å². The lowest BCUT2D eigenvalue weighted by atomic mass is 9.67. The fourth-order valence-corrected chi connectivity index (χ4v) is 2.02. The third-order valence-corrected chi connectivity index (χ3v) is 2.44. The van der Waals surface area contributed by atoms with Crippen molar-refractivity contribution in [2.24, 2.45) is 11.8 Å². The summed E-state index contributed by atoms with van der Waals surface area (Å²) >= 11 is 0. The van der Waals surface area contributed by atoms with Crippen molar-refractivity contribution in [3.05, 3.63) is 0 Å². The first-order valence-electron chi connectivity index (χ1n) is 5.81. The topological polar surface area (TPSA) is 0 Å². The Hall–Kier alpha value is 0.0649. The molecule has 0 N–H and O–H groups in total. The standard InChI is InChI=1S/C12H27B/c1-10(2)7-6-8-11(3)9-12(4,5)13/h10-11H,6-9,13H2,1-5H3. The molecule has 0 spiro atoms. The summed E-state index contributed by atoms with van der Waals surface area (Å²) < 4.78 is 0. The highest BCUT2D eigenvalue weighted by atomic mass is 14.2. The Balaban J connectivity index is 3.46. The van der Waals surface area contributed by atoms with E-state index in [1.807, 2.05) is 0 Å². The predicted molar refractivity (Wildman–Crippen MR) is 65.1 cm³/mol. The average Bonchev–Trinajstić information content (AvgIpc) is 1.81. The van der Waals surface area contributed by atoms with Crippen LogP contribution in [0.2, 0.25) is 5.31 Å². The fraction of sp³-hybridized carbons (Fsp3) is 1.00. The van der Waals surface area contributed by atoms with Crippen molar-refractivity contribution < 1.29 is 0 Å². The molecule has 0 amide bonds. The monoisotopic (exact) mass is 182 g/mol. The zero-order chi connectivity index (χ0) is 10.5. The molecular formula is C12H27B.